The van der Waals surface area contributed by atoms with E-state index in [0.29, 0.717) is 0 Å². The first-order chi connectivity index (χ1) is 41.1. The Morgan fingerprint density at radius 3 is 1.11 bits per heavy atom. The Morgan fingerprint density at radius 2 is 0.612 bits per heavy atom. The fourth-order valence-corrected chi connectivity index (χ4v) is 28.9. The Hall–Kier alpha value is -8.35. The predicted octanol–water partition coefficient (Wildman–Crippen LogP) is 15.9. The minimum atomic E-state index is -2.81. The molecule has 0 radical (unpaired) electrons. The molecule has 0 saturated heterocycles. The lowest BCUT2D eigenvalue weighted by Gasteiger charge is -2.43. The Labute approximate surface area is 504 Å². The molecule has 0 amide bonds. The molecule has 85 heavy (non-hydrogen) atoms. The molecule has 4 heterocycles. The maximum Gasteiger partial charge on any atom is 0.182 e. The van der Waals surface area contributed by atoms with Gasteiger partial charge in [-0.3, -0.25) is 0 Å². The molecule has 1 nitrogen and oxygen atoms in total. The molecule has 11 aromatic rings. The zero-order chi connectivity index (χ0) is 57.6. The Morgan fingerprint density at radius 1 is 0.259 bits per heavy atom. The van der Waals surface area contributed by atoms with Gasteiger partial charge in [0, 0.05) is 16.8 Å². The number of hydrogen-bond acceptors (Lipinski definition) is 1. The van der Waals surface area contributed by atoms with E-state index in [9.17, 15) is 0 Å². The molecule has 0 N–H and O–H groups in total. The summed E-state index contributed by atoms with van der Waals surface area (Å²) in [7, 11) is -5.59. The third kappa shape index (κ3) is 6.75. The minimum absolute atomic E-state index is 0.0351. The van der Waals surface area contributed by atoms with E-state index in [4.69, 9.17) is 0 Å². The van der Waals surface area contributed by atoms with Gasteiger partial charge in [-0.15, -0.1) is 0 Å². The van der Waals surface area contributed by atoms with Crippen molar-refractivity contribution in [3.05, 3.63) is 259 Å². The van der Waals surface area contributed by atoms with Crippen molar-refractivity contribution < 1.29 is 0 Å². The second kappa shape index (κ2) is 17.6. The van der Waals surface area contributed by atoms with E-state index < -0.39 is 16.1 Å². The van der Waals surface area contributed by atoms with Gasteiger partial charge in [-0.1, -0.05) is 262 Å². The van der Waals surface area contributed by atoms with Crippen LogP contribution in [0.2, 0.25) is 0 Å². The van der Waals surface area contributed by atoms with E-state index >= 15 is 0 Å². The van der Waals surface area contributed by atoms with E-state index in [0.717, 1.165) is 18.5 Å². The molecule has 0 unspecified atom stereocenters. The van der Waals surface area contributed by atoms with E-state index in [1.165, 1.54) is 155 Å². The zero-order valence-electron chi connectivity index (χ0n) is 50.3. The van der Waals surface area contributed by atoms with Crippen LogP contribution < -0.4 is 46.4 Å². The highest BCUT2D eigenvalue weighted by molar-refractivity contribution is 7.25. The smallest absolute Gasteiger partial charge is 0.182 e. The van der Waals surface area contributed by atoms with Crippen LogP contribution in [0.3, 0.4) is 0 Å². The average molecular weight is 1130 g/mol. The van der Waals surface area contributed by atoms with E-state index in [1.54, 1.807) is 0 Å². The normalized spacial score (nSPS) is 17.8. The summed E-state index contributed by atoms with van der Waals surface area (Å²) in [4.78, 5) is 2.74. The van der Waals surface area contributed by atoms with Crippen LogP contribution in [0.25, 0.3) is 66.8 Å². The minimum Gasteiger partial charge on any atom is -0.309 e. The van der Waals surface area contributed by atoms with Gasteiger partial charge >= 0.3 is 0 Å². The first-order valence-electron chi connectivity index (χ1n) is 31.3. The van der Waals surface area contributed by atoms with Crippen molar-refractivity contribution in [2.75, 3.05) is 4.90 Å². The highest BCUT2D eigenvalue weighted by Crippen LogP contribution is 2.55. The Bertz CT molecular complexity index is 4590. The number of benzene rings is 11. The van der Waals surface area contributed by atoms with Crippen LogP contribution >= 0.6 is 0 Å². The molecule has 0 fully saturated rings. The van der Waals surface area contributed by atoms with Gasteiger partial charge in [0.1, 0.15) is 0 Å². The van der Waals surface area contributed by atoms with Crippen LogP contribution in [0.15, 0.2) is 237 Å². The summed E-state index contributed by atoms with van der Waals surface area (Å²) in [5.74, 6) is 0. The number of nitrogens with zero attached hydrogens (tertiary/aromatic N) is 1. The maximum absolute atomic E-state index is 2.81. The second-order valence-corrected chi connectivity index (χ2v) is 35.6. The molecule has 3 heteroatoms. The van der Waals surface area contributed by atoms with Crippen molar-refractivity contribution in [2.45, 2.75) is 103 Å². The van der Waals surface area contributed by atoms with Crippen molar-refractivity contribution in [1.82, 2.24) is 0 Å². The molecule has 0 atom stereocenters. The molecular weight excluding hydrogens is 1060 g/mol. The fourth-order valence-electron chi connectivity index (χ4n) is 17.7. The zero-order valence-corrected chi connectivity index (χ0v) is 52.3. The lowest BCUT2D eigenvalue weighted by atomic mass is 9.62. The summed E-state index contributed by atoms with van der Waals surface area (Å²) < 4.78 is 0. The Balaban J connectivity index is 0.973. The van der Waals surface area contributed by atoms with Crippen LogP contribution in [0.1, 0.15) is 103 Å². The van der Waals surface area contributed by atoms with Gasteiger partial charge < -0.3 is 4.90 Å². The third-order valence-electron chi connectivity index (χ3n) is 22.1. The van der Waals surface area contributed by atoms with Gasteiger partial charge in [-0.05, 0) is 197 Å². The van der Waals surface area contributed by atoms with E-state index in [2.05, 4.69) is 297 Å². The fraction of sp³-hybridized carbons (Fsp3) is 0.195. The maximum atomic E-state index is 2.74. The molecule has 0 aromatic heterocycles. The van der Waals surface area contributed by atoms with Crippen LogP contribution in [0, 0.1) is 0 Å². The number of anilines is 3. The highest BCUT2D eigenvalue weighted by atomic mass is 28.3. The van der Waals surface area contributed by atoms with Crippen molar-refractivity contribution in [1.29, 1.82) is 0 Å². The molecule has 11 aromatic carbocycles. The van der Waals surface area contributed by atoms with Crippen molar-refractivity contribution in [3.8, 4) is 66.8 Å². The van der Waals surface area contributed by atoms with Gasteiger partial charge in [0.25, 0.3) is 0 Å². The second-order valence-electron chi connectivity index (χ2n) is 28.3. The van der Waals surface area contributed by atoms with Gasteiger partial charge in [0.2, 0.25) is 0 Å². The SMILES string of the molecule is CC1(C)CCC(C)(C)c2cc(-c3ccc(N(c4cc5c(cc4-c4cccc6c4-c4ccccc4[Si]64c6ccccc6-c6ccccc64)C(C)(C)CCC5(C)C)c4cccc5c4-c4ccccc4[Si]54c5ccccc5-c5ccccc54)cc3)ccc21. The van der Waals surface area contributed by atoms with Gasteiger partial charge in [0.15, 0.2) is 16.1 Å². The molecule has 0 saturated carbocycles. The third-order valence-corrected chi connectivity index (χ3v) is 32.0. The van der Waals surface area contributed by atoms with E-state index in [1.807, 2.05) is 0 Å². The summed E-state index contributed by atoms with van der Waals surface area (Å²) in [5, 5.41) is 12.0. The summed E-state index contributed by atoms with van der Waals surface area (Å²) in [6.07, 6.45) is 4.65. The molecular formula is C82H71NSi2. The summed E-state index contributed by atoms with van der Waals surface area (Å²) in [6.45, 7) is 19.8. The molecule has 17 rings (SSSR count). The standard InChI is InChI=1S/C82H71NSi2/c1-79(2)45-46-80(3,4)64-49-53(41-44-63(64)79)52-39-42-54(43-40-52)83(67-30-22-38-76-78(67)61-28-14-20-36-74(61)85(76)71-33-17-11-25-57(71)58-26-12-18-34-72(58)85)68-51-66-65(81(5,6)47-48-82(66,7)8)50-62(68)59-29-21-37-75-77(59)60-27-13-19-35-73(60)84(75)69-31-15-9-23-55(69)56-24-10-16-32-70(56)84/h9-44,49-51H,45-48H2,1-8H3. The highest BCUT2D eigenvalue weighted by Gasteiger charge is 2.56. The predicted molar refractivity (Wildman–Crippen MR) is 366 cm³/mol. The first-order valence-corrected chi connectivity index (χ1v) is 35.3. The van der Waals surface area contributed by atoms with Gasteiger partial charge in [-0.25, -0.2) is 0 Å². The van der Waals surface area contributed by atoms with E-state index in [-0.39, 0.29) is 21.7 Å². The quantitative estimate of drug-likeness (QED) is 0.155. The molecule has 2 aliphatic carbocycles. The Kier molecular flexibility index (Phi) is 10.6. The van der Waals surface area contributed by atoms with Gasteiger partial charge in [-0.2, -0.15) is 0 Å². The molecule has 0 bridgehead atoms. The van der Waals surface area contributed by atoms with Crippen molar-refractivity contribution >= 4 is 74.7 Å². The monoisotopic (exact) mass is 1130 g/mol. The van der Waals surface area contributed by atoms with Gasteiger partial charge in [0.05, 0.1) is 11.4 Å². The lowest BCUT2D eigenvalue weighted by molar-refractivity contribution is 0.332. The number of fused-ring (bicyclic) bond motifs is 22. The van der Waals surface area contributed by atoms with Crippen molar-refractivity contribution in [3.63, 3.8) is 0 Å². The largest absolute Gasteiger partial charge is 0.309 e. The summed E-state index contributed by atoms with van der Waals surface area (Å²) in [6, 6.07) is 93.9. The average Bonchev–Trinajstić information content (AvgIpc) is 1.56. The van der Waals surface area contributed by atoms with Crippen LogP contribution in [0.5, 0.6) is 0 Å². The molecule has 2 spiro atoms. The first kappa shape index (κ1) is 51.1. The van der Waals surface area contributed by atoms with Crippen molar-refractivity contribution in [2.24, 2.45) is 0 Å². The topological polar surface area (TPSA) is 3.24 Å². The van der Waals surface area contributed by atoms with Crippen LogP contribution in [-0.4, -0.2) is 16.1 Å². The van der Waals surface area contributed by atoms with Crippen LogP contribution in [0.4, 0.5) is 17.1 Å². The summed E-state index contributed by atoms with van der Waals surface area (Å²) in [5.41, 5.74) is 25.9. The van der Waals surface area contributed by atoms with Crippen LogP contribution in [-0.2, 0) is 21.7 Å². The number of rotatable bonds is 5. The number of hydrogen-bond donors (Lipinski definition) is 0. The lowest BCUT2D eigenvalue weighted by Crippen LogP contribution is -2.70. The molecule has 4 aliphatic heterocycles. The molecule has 6 aliphatic rings. The molecule has 412 valence electrons. The summed E-state index contributed by atoms with van der Waals surface area (Å²) >= 11 is 0.